The third-order valence-electron chi connectivity index (χ3n) is 7.00. The number of nitrogens with one attached hydrogen (secondary N) is 1. The van der Waals surface area contributed by atoms with Crippen LogP contribution >= 0.6 is 0 Å². The van der Waals surface area contributed by atoms with Crippen LogP contribution in [-0.4, -0.2) is 58.7 Å². The molecule has 0 bridgehead atoms. The van der Waals surface area contributed by atoms with Crippen molar-refractivity contribution < 1.29 is 24.2 Å². The molecule has 1 saturated carbocycles. The molecule has 2 fully saturated rings. The van der Waals surface area contributed by atoms with Crippen LogP contribution in [0.25, 0.3) is 0 Å². The molecular formula is C24H33N3O5. The number of rotatable bonds is 9. The van der Waals surface area contributed by atoms with Crippen molar-refractivity contribution in [3.05, 3.63) is 29.1 Å². The molecule has 2 aliphatic carbocycles. The number of likely N-dealkylation sites (tertiary alicyclic amines) is 1. The molecule has 1 aromatic rings. The third kappa shape index (κ3) is 5.78. The molecule has 2 amide bonds. The van der Waals surface area contributed by atoms with Gasteiger partial charge in [0.1, 0.15) is 6.04 Å². The van der Waals surface area contributed by atoms with Gasteiger partial charge in [-0.2, -0.15) is 0 Å². The summed E-state index contributed by atoms with van der Waals surface area (Å²) in [5, 5.41) is 11.7. The maximum Gasteiger partial charge on any atom is 0.407 e. The fourth-order valence-corrected chi connectivity index (χ4v) is 4.62. The maximum atomic E-state index is 12.5. The molecule has 8 nitrogen and oxygen atoms in total. The van der Waals surface area contributed by atoms with Crippen molar-refractivity contribution in [2.45, 2.75) is 70.3 Å². The van der Waals surface area contributed by atoms with Gasteiger partial charge in [0.05, 0.1) is 13.0 Å². The standard InChI is InChI=1S/C24H33N3O5/c28-22(12-21(23(29)30)26-24(31)32-15-16-4-3-5-16)27-13-17(14-27)8-10-19-11-9-18-6-1-2-7-20(18)25-19/h9,11,16-17,21H,1-8,10,12-15H2,(H,26,31)(H,29,30)/t21-/m0/s1. The second-order valence-electron chi connectivity index (χ2n) is 9.45. The number of hydrogen-bond acceptors (Lipinski definition) is 5. The molecule has 2 heterocycles. The number of carboxylic acids is 1. The Balaban J connectivity index is 1.16. The van der Waals surface area contributed by atoms with Gasteiger partial charge in [0.2, 0.25) is 5.91 Å². The van der Waals surface area contributed by atoms with Gasteiger partial charge in [-0.15, -0.1) is 0 Å². The van der Waals surface area contributed by atoms with Gasteiger partial charge < -0.3 is 20.1 Å². The summed E-state index contributed by atoms with van der Waals surface area (Å²) in [6.07, 6.45) is 8.71. The molecule has 32 heavy (non-hydrogen) atoms. The van der Waals surface area contributed by atoms with E-state index in [0.717, 1.165) is 50.6 Å². The monoisotopic (exact) mass is 443 g/mol. The molecule has 1 aliphatic heterocycles. The molecule has 1 atom stereocenters. The highest BCUT2D eigenvalue weighted by Crippen LogP contribution is 2.26. The van der Waals surface area contributed by atoms with E-state index in [1.807, 2.05) is 0 Å². The van der Waals surface area contributed by atoms with Crippen molar-refractivity contribution >= 4 is 18.0 Å². The van der Waals surface area contributed by atoms with Crippen LogP contribution in [0.4, 0.5) is 4.79 Å². The van der Waals surface area contributed by atoms with Crippen LogP contribution < -0.4 is 5.32 Å². The van der Waals surface area contributed by atoms with Crippen LogP contribution in [0.15, 0.2) is 12.1 Å². The lowest BCUT2D eigenvalue weighted by Crippen LogP contribution is -2.53. The number of pyridine rings is 1. The van der Waals surface area contributed by atoms with E-state index in [4.69, 9.17) is 9.72 Å². The minimum absolute atomic E-state index is 0.250. The van der Waals surface area contributed by atoms with Crippen molar-refractivity contribution in [2.75, 3.05) is 19.7 Å². The van der Waals surface area contributed by atoms with Crippen molar-refractivity contribution in [3.63, 3.8) is 0 Å². The number of carbonyl (C=O) groups is 3. The summed E-state index contributed by atoms with van der Waals surface area (Å²) in [7, 11) is 0. The van der Waals surface area contributed by atoms with Gasteiger partial charge in [-0.25, -0.2) is 9.59 Å². The first kappa shape index (κ1) is 22.6. The second-order valence-corrected chi connectivity index (χ2v) is 9.45. The van der Waals surface area contributed by atoms with Crippen LogP contribution in [0, 0.1) is 11.8 Å². The van der Waals surface area contributed by atoms with Crippen molar-refractivity contribution in [1.82, 2.24) is 15.2 Å². The maximum absolute atomic E-state index is 12.5. The predicted molar refractivity (Wildman–Crippen MR) is 117 cm³/mol. The van der Waals surface area contributed by atoms with Crippen LogP contribution in [-0.2, 0) is 33.6 Å². The lowest BCUT2D eigenvalue weighted by Gasteiger charge is -2.40. The lowest BCUT2D eigenvalue weighted by atomic mass is 9.86. The van der Waals surface area contributed by atoms with Gasteiger partial charge in [-0.1, -0.05) is 12.5 Å². The van der Waals surface area contributed by atoms with E-state index in [1.54, 1.807) is 4.90 Å². The number of nitrogens with zero attached hydrogens (tertiary/aromatic N) is 2. The van der Waals surface area contributed by atoms with Crippen molar-refractivity contribution in [2.24, 2.45) is 11.8 Å². The number of aryl methyl sites for hydroxylation is 3. The Morgan fingerprint density at radius 3 is 2.62 bits per heavy atom. The number of aliphatic carboxylic acids is 1. The van der Waals surface area contributed by atoms with Crippen LogP contribution in [0.1, 0.15) is 61.9 Å². The number of aromatic nitrogens is 1. The first-order valence-corrected chi connectivity index (χ1v) is 11.9. The van der Waals surface area contributed by atoms with E-state index in [2.05, 4.69) is 17.4 Å². The second kappa shape index (κ2) is 10.3. The van der Waals surface area contributed by atoms with Crippen molar-refractivity contribution in [3.8, 4) is 0 Å². The average Bonchev–Trinajstić information content (AvgIpc) is 2.70. The fraction of sp³-hybridized carbons (Fsp3) is 0.667. The van der Waals surface area contributed by atoms with E-state index in [-0.39, 0.29) is 12.3 Å². The molecule has 0 spiro atoms. The Kier molecular flexibility index (Phi) is 7.27. The molecule has 0 aromatic carbocycles. The molecular weight excluding hydrogens is 410 g/mol. The van der Waals surface area contributed by atoms with Gasteiger partial charge in [-0.05, 0) is 74.8 Å². The minimum Gasteiger partial charge on any atom is -0.480 e. The summed E-state index contributed by atoms with van der Waals surface area (Å²) in [6, 6.07) is 3.07. The van der Waals surface area contributed by atoms with Crippen LogP contribution in [0.3, 0.4) is 0 Å². The number of ether oxygens (including phenoxy) is 1. The molecule has 8 heteroatoms. The number of carboxylic acid groups (broad SMARTS) is 1. The van der Waals surface area contributed by atoms with Gasteiger partial charge in [-0.3, -0.25) is 9.78 Å². The first-order chi connectivity index (χ1) is 15.5. The number of alkyl carbamates (subject to hydrolysis) is 1. The smallest absolute Gasteiger partial charge is 0.407 e. The molecule has 1 aromatic heterocycles. The molecule has 174 valence electrons. The SMILES string of the molecule is O=C(N[C@@H](CC(=O)N1CC(CCc2ccc3c(n2)CCCC3)C1)C(=O)O)OCC1CCC1. The number of amides is 2. The number of hydrogen-bond donors (Lipinski definition) is 2. The molecule has 0 unspecified atom stereocenters. The highest BCUT2D eigenvalue weighted by Gasteiger charge is 2.33. The first-order valence-electron chi connectivity index (χ1n) is 11.9. The van der Waals surface area contributed by atoms with E-state index in [0.29, 0.717) is 31.5 Å². The van der Waals surface area contributed by atoms with E-state index >= 15 is 0 Å². The van der Waals surface area contributed by atoms with E-state index in [9.17, 15) is 19.5 Å². The Morgan fingerprint density at radius 1 is 1.12 bits per heavy atom. The highest BCUT2D eigenvalue weighted by molar-refractivity contribution is 5.87. The zero-order valence-electron chi connectivity index (χ0n) is 18.6. The number of carbonyl (C=O) groups excluding carboxylic acids is 2. The van der Waals surface area contributed by atoms with Gasteiger partial charge in [0.25, 0.3) is 0 Å². The van der Waals surface area contributed by atoms with E-state index in [1.165, 1.54) is 24.1 Å². The topological polar surface area (TPSA) is 109 Å². The Hall–Kier alpha value is -2.64. The summed E-state index contributed by atoms with van der Waals surface area (Å²) in [5.74, 6) is -0.699. The van der Waals surface area contributed by atoms with Crippen molar-refractivity contribution in [1.29, 1.82) is 0 Å². The van der Waals surface area contributed by atoms with Crippen LogP contribution in [0.2, 0.25) is 0 Å². The summed E-state index contributed by atoms with van der Waals surface area (Å²) in [4.78, 5) is 42.3. The van der Waals surface area contributed by atoms with Gasteiger partial charge in [0, 0.05) is 24.5 Å². The Bertz CT molecular complexity index is 848. The zero-order valence-corrected chi connectivity index (χ0v) is 18.6. The summed E-state index contributed by atoms with van der Waals surface area (Å²) in [6.45, 7) is 1.56. The number of fused-ring (bicyclic) bond motifs is 1. The third-order valence-corrected chi connectivity index (χ3v) is 7.00. The lowest BCUT2D eigenvalue weighted by molar-refractivity contribution is -0.145. The Labute approximate surface area is 188 Å². The average molecular weight is 444 g/mol. The predicted octanol–water partition coefficient (Wildman–Crippen LogP) is 2.72. The van der Waals surface area contributed by atoms with Gasteiger partial charge in [0.15, 0.2) is 0 Å². The van der Waals surface area contributed by atoms with E-state index < -0.39 is 18.1 Å². The fourth-order valence-electron chi connectivity index (χ4n) is 4.62. The highest BCUT2D eigenvalue weighted by atomic mass is 16.5. The quantitative estimate of drug-likeness (QED) is 0.607. The normalized spacial score (nSPS) is 19.3. The van der Waals surface area contributed by atoms with Crippen LogP contribution in [0.5, 0.6) is 0 Å². The molecule has 4 rings (SSSR count). The largest absolute Gasteiger partial charge is 0.480 e. The minimum atomic E-state index is -1.27. The molecule has 1 saturated heterocycles. The molecule has 2 N–H and O–H groups in total. The van der Waals surface area contributed by atoms with Gasteiger partial charge >= 0.3 is 12.1 Å². The summed E-state index contributed by atoms with van der Waals surface area (Å²) in [5.41, 5.74) is 3.75. The summed E-state index contributed by atoms with van der Waals surface area (Å²) >= 11 is 0. The molecule has 0 radical (unpaired) electrons. The Morgan fingerprint density at radius 2 is 1.91 bits per heavy atom. The zero-order chi connectivity index (χ0) is 22.5. The summed E-state index contributed by atoms with van der Waals surface area (Å²) < 4.78 is 5.09. The molecule has 3 aliphatic rings.